The van der Waals surface area contributed by atoms with E-state index in [2.05, 4.69) is 46.9 Å². The van der Waals surface area contributed by atoms with Crippen molar-refractivity contribution >= 4 is 12.2 Å². The molecule has 0 saturated heterocycles. The average molecular weight is 296 g/mol. The van der Waals surface area contributed by atoms with Gasteiger partial charge in [0.25, 0.3) is 0 Å². The number of aromatic nitrogens is 4. The zero-order valence-corrected chi connectivity index (χ0v) is 13.9. The zero-order valence-electron chi connectivity index (χ0n) is 13.9. The largest absolute Gasteiger partial charge is 0.254 e. The highest BCUT2D eigenvalue weighted by molar-refractivity contribution is 5.44. The van der Waals surface area contributed by atoms with Gasteiger partial charge in [-0.25, -0.2) is 0 Å². The van der Waals surface area contributed by atoms with Gasteiger partial charge >= 0.3 is 0 Å². The van der Waals surface area contributed by atoms with Crippen LogP contribution in [0.1, 0.15) is 48.0 Å². The predicted octanol–water partition coefficient (Wildman–Crippen LogP) is 3.98. The fourth-order valence-corrected chi connectivity index (χ4v) is 1.82. The van der Waals surface area contributed by atoms with Crippen LogP contribution in [0, 0.1) is 13.8 Å². The van der Waals surface area contributed by atoms with Crippen molar-refractivity contribution in [1.29, 1.82) is 0 Å². The van der Waals surface area contributed by atoms with E-state index >= 15 is 0 Å². The summed E-state index contributed by atoms with van der Waals surface area (Å²) in [4.78, 5) is 17.0. The van der Waals surface area contributed by atoms with E-state index in [1.54, 1.807) is 24.5 Å². The van der Waals surface area contributed by atoms with Crippen LogP contribution in [-0.4, -0.2) is 19.9 Å². The van der Waals surface area contributed by atoms with Crippen molar-refractivity contribution in [2.24, 2.45) is 0 Å². The molecule has 0 aliphatic carbocycles. The van der Waals surface area contributed by atoms with E-state index in [-0.39, 0.29) is 0 Å². The molecule has 0 aromatic carbocycles. The van der Waals surface area contributed by atoms with Crippen LogP contribution < -0.4 is 0 Å². The van der Waals surface area contributed by atoms with E-state index in [4.69, 9.17) is 0 Å². The van der Waals surface area contributed by atoms with Gasteiger partial charge in [0.1, 0.15) is 0 Å². The molecule has 0 aliphatic rings. The fourth-order valence-electron chi connectivity index (χ4n) is 1.82. The summed E-state index contributed by atoms with van der Waals surface area (Å²) in [5.41, 5.74) is 5.74. The summed E-state index contributed by atoms with van der Waals surface area (Å²) in [6, 6.07) is 0. The van der Waals surface area contributed by atoms with Gasteiger partial charge in [-0.1, -0.05) is 27.0 Å². The van der Waals surface area contributed by atoms with E-state index in [9.17, 15) is 0 Å². The van der Waals surface area contributed by atoms with Gasteiger partial charge in [-0.3, -0.25) is 19.9 Å². The molecule has 0 fully saturated rings. The molecule has 2 aromatic heterocycles. The molecule has 4 nitrogen and oxygen atoms in total. The van der Waals surface area contributed by atoms with Gasteiger partial charge in [-0.05, 0) is 38.8 Å². The first-order valence-corrected chi connectivity index (χ1v) is 7.45. The molecule has 0 amide bonds. The average Bonchev–Trinajstić information content (AvgIpc) is 2.55. The minimum absolute atomic E-state index is 0.877. The van der Waals surface area contributed by atoms with Crippen LogP contribution >= 0.6 is 0 Å². The number of nitrogens with zero attached hydrogens (tertiary/aromatic N) is 4. The Morgan fingerprint density at radius 2 is 1.18 bits per heavy atom. The predicted molar refractivity (Wildman–Crippen MR) is 92.5 cm³/mol. The number of hydrogen-bond donors (Lipinski definition) is 0. The number of hydrogen-bond acceptors (Lipinski definition) is 4. The van der Waals surface area contributed by atoms with E-state index < -0.39 is 0 Å². The highest BCUT2D eigenvalue weighted by Crippen LogP contribution is 2.04. The van der Waals surface area contributed by atoms with Crippen LogP contribution in [0.2, 0.25) is 0 Å². The van der Waals surface area contributed by atoms with Crippen molar-refractivity contribution in [2.75, 3.05) is 0 Å². The van der Waals surface area contributed by atoms with Crippen LogP contribution in [-0.2, 0) is 12.8 Å². The molecular formula is C18H24N4. The molecular weight excluding hydrogens is 272 g/mol. The van der Waals surface area contributed by atoms with Crippen molar-refractivity contribution < 1.29 is 0 Å². The summed E-state index contributed by atoms with van der Waals surface area (Å²) in [5.74, 6) is 0. The van der Waals surface area contributed by atoms with Crippen molar-refractivity contribution in [3.8, 4) is 0 Å². The number of rotatable bonds is 4. The van der Waals surface area contributed by atoms with Gasteiger partial charge in [-0.2, -0.15) is 0 Å². The first-order chi connectivity index (χ1) is 10.5. The van der Waals surface area contributed by atoms with E-state index in [1.807, 2.05) is 13.8 Å². The molecule has 0 saturated carbocycles. The fraction of sp³-hybridized carbons (Fsp3) is 0.333. The third kappa shape index (κ3) is 4.88. The van der Waals surface area contributed by atoms with Crippen molar-refractivity contribution in [3.63, 3.8) is 0 Å². The van der Waals surface area contributed by atoms with E-state index in [0.29, 0.717) is 0 Å². The summed E-state index contributed by atoms with van der Waals surface area (Å²) in [6.07, 6.45) is 8.91. The molecule has 2 aromatic rings. The SMILES string of the molecule is C=Cc1ncc(CC)nc1C.C=Cc1ncc(CC)nc1C. The minimum Gasteiger partial charge on any atom is -0.254 e. The summed E-state index contributed by atoms with van der Waals surface area (Å²) in [6.45, 7) is 15.3. The second-order valence-corrected chi connectivity index (χ2v) is 4.78. The smallest absolute Gasteiger partial charge is 0.0836 e. The van der Waals surface area contributed by atoms with Crippen LogP contribution in [0.4, 0.5) is 0 Å². The van der Waals surface area contributed by atoms with Gasteiger partial charge in [0.2, 0.25) is 0 Å². The lowest BCUT2D eigenvalue weighted by Crippen LogP contribution is -1.95. The maximum absolute atomic E-state index is 4.33. The summed E-state index contributed by atoms with van der Waals surface area (Å²) in [5, 5.41) is 0. The lowest BCUT2D eigenvalue weighted by molar-refractivity contribution is 0.961. The molecule has 0 aliphatic heterocycles. The molecule has 0 N–H and O–H groups in total. The van der Waals surface area contributed by atoms with E-state index in [1.165, 1.54) is 0 Å². The molecule has 2 heterocycles. The highest BCUT2D eigenvalue weighted by Gasteiger charge is 1.98. The van der Waals surface area contributed by atoms with Gasteiger partial charge < -0.3 is 0 Å². The molecule has 22 heavy (non-hydrogen) atoms. The summed E-state index contributed by atoms with van der Waals surface area (Å²) < 4.78 is 0. The Morgan fingerprint density at radius 1 is 0.818 bits per heavy atom. The molecule has 0 spiro atoms. The van der Waals surface area contributed by atoms with Crippen molar-refractivity contribution in [3.05, 3.63) is 59.7 Å². The molecule has 2 rings (SSSR count). The zero-order chi connectivity index (χ0) is 16.5. The quantitative estimate of drug-likeness (QED) is 0.856. The third-order valence-electron chi connectivity index (χ3n) is 3.18. The monoisotopic (exact) mass is 296 g/mol. The molecule has 0 unspecified atom stereocenters. The van der Waals surface area contributed by atoms with Crippen LogP contribution in [0.15, 0.2) is 25.6 Å². The number of aryl methyl sites for hydroxylation is 4. The molecule has 4 heteroatoms. The van der Waals surface area contributed by atoms with E-state index in [0.717, 1.165) is 47.0 Å². The lowest BCUT2D eigenvalue weighted by atomic mass is 10.3. The summed E-state index contributed by atoms with van der Waals surface area (Å²) in [7, 11) is 0. The van der Waals surface area contributed by atoms with Crippen LogP contribution in [0.5, 0.6) is 0 Å². The first kappa shape index (κ1) is 17.7. The van der Waals surface area contributed by atoms with Crippen LogP contribution in [0.3, 0.4) is 0 Å². The lowest BCUT2D eigenvalue weighted by Gasteiger charge is -1.99. The van der Waals surface area contributed by atoms with Crippen LogP contribution in [0.25, 0.3) is 12.2 Å². The minimum atomic E-state index is 0.877. The van der Waals surface area contributed by atoms with Crippen molar-refractivity contribution in [1.82, 2.24) is 19.9 Å². The second kappa shape index (κ2) is 8.82. The maximum Gasteiger partial charge on any atom is 0.0836 e. The Morgan fingerprint density at radius 3 is 1.41 bits per heavy atom. The Bertz CT molecular complexity index is 590. The molecule has 116 valence electrons. The van der Waals surface area contributed by atoms with Gasteiger partial charge in [0.05, 0.1) is 34.2 Å². The molecule has 0 radical (unpaired) electrons. The Balaban J connectivity index is 0.000000220. The third-order valence-corrected chi connectivity index (χ3v) is 3.18. The standard InChI is InChI=1S/2C9H12N2/c2*1-4-8-6-10-9(5-2)7(3)11-8/h2*5-6H,2,4H2,1,3H3. The Labute approximate surface area is 133 Å². The first-order valence-electron chi connectivity index (χ1n) is 7.45. The van der Waals surface area contributed by atoms with Gasteiger partial charge in [0.15, 0.2) is 0 Å². The highest BCUT2D eigenvalue weighted by atomic mass is 14.8. The van der Waals surface area contributed by atoms with Crippen molar-refractivity contribution in [2.45, 2.75) is 40.5 Å². The molecule has 0 atom stereocenters. The van der Waals surface area contributed by atoms with Gasteiger partial charge in [-0.15, -0.1) is 0 Å². The summed E-state index contributed by atoms with van der Waals surface area (Å²) >= 11 is 0. The Hall–Kier alpha value is -2.36. The molecule has 0 bridgehead atoms. The maximum atomic E-state index is 4.33. The second-order valence-electron chi connectivity index (χ2n) is 4.78. The normalized spacial score (nSPS) is 9.64. The topological polar surface area (TPSA) is 51.6 Å². The Kier molecular flexibility index (Phi) is 7.09. The van der Waals surface area contributed by atoms with Gasteiger partial charge in [0, 0.05) is 12.4 Å².